The molecule has 0 spiro atoms. The first kappa shape index (κ1) is 26.5. The quantitative estimate of drug-likeness (QED) is 0.541. The highest BCUT2D eigenvalue weighted by atomic mass is 32.3. The third-order valence-electron chi connectivity index (χ3n) is 4.08. The standard InChI is InChI=1S/C19H37NO4S3/c1-14(2)20(15(3)4)16(13-26(21,22)18(5,6)7)12-17(25-11)27(23,24)19(8,9)10/h12-15H,1-11H3. The van der Waals surface area contributed by atoms with Gasteiger partial charge in [-0.1, -0.05) is 0 Å². The van der Waals surface area contributed by atoms with Crippen molar-refractivity contribution in [1.82, 2.24) is 4.90 Å². The van der Waals surface area contributed by atoms with E-state index in [0.29, 0.717) is 5.70 Å². The molecule has 0 bridgehead atoms. The number of allylic oxidation sites excluding steroid dienone is 1. The Morgan fingerprint density at radius 3 is 1.52 bits per heavy atom. The van der Waals surface area contributed by atoms with E-state index in [0.717, 1.165) is 11.8 Å². The lowest BCUT2D eigenvalue weighted by Crippen LogP contribution is -2.37. The van der Waals surface area contributed by atoms with Crippen molar-refractivity contribution in [2.45, 2.75) is 90.8 Å². The second-order valence-electron chi connectivity index (χ2n) is 9.08. The Morgan fingerprint density at radius 1 is 0.852 bits per heavy atom. The Bertz CT molecular complexity index is 768. The van der Waals surface area contributed by atoms with Gasteiger partial charge in [-0.05, 0) is 81.6 Å². The summed E-state index contributed by atoms with van der Waals surface area (Å²) in [6.07, 6.45) is 3.20. The van der Waals surface area contributed by atoms with E-state index in [-0.39, 0.29) is 16.3 Å². The van der Waals surface area contributed by atoms with Crippen LogP contribution >= 0.6 is 11.8 Å². The fourth-order valence-corrected chi connectivity index (χ4v) is 5.97. The Labute approximate surface area is 171 Å². The van der Waals surface area contributed by atoms with Crippen molar-refractivity contribution in [3.05, 3.63) is 21.4 Å². The zero-order valence-electron chi connectivity index (χ0n) is 18.6. The molecule has 0 fully saturated rings. The molecule has 27 heavy (non-hydrogen) atoms. The summed E-state index contributed by atoms with van der Waals surface area (Å²) in [6, 6.07) is 0.00577. The normalized spacial score (nSPS) is 15.6. The van der Waals surface area contributed by atoms with Crippen molar-refractivity contribution in [1.29, 1.82) is 0 Å². The Morgan fingerprint density at radius 2 is 1.26 bits per heavy atom. The first-order chi connectivity index (χ1) is 11.8. The highest BCUT2D eigenvalue weighted by molar-refractivity contribution is 8.18. The molecule has 5 nitrogen and oxygen atoms in total. The van der Waals surface area contributed by atoms with Gasteiger partial charge in [-0.3, -0.25) is 0 Å². The maximum atomic E-state index is 13.0. The second-order valence-corrected chi connectivity index (χ2v) is 15.4. The van der Waals surface area contributed by atoms with Crippen LogP contribution in [0.5, 0.6) is 0 Å². The van der Waals surface area contributed by atoms with Crippen LogP contribution in [0.4, 0.5) is 0 Å². The van der Waals surface area contributed by atoms with Crippen LogP contribution < -0.4 is 0 Å². The topological polar surface area (TPSA) is 71.5 Å². The van der Waals surface area contributed by atoms with Gasteiger partial charge >= 0.3 is 0 Å². The van der Waals surface area contributed by atoms with Crippen LogP contribution in [0.15, 0.2) is 21.4 Å². The van der Waals surface area contributed by atoms with Crippen LogP contribution in [0.25, 0.3) is 0 Å². The summed E-state index contributed by atoms with van der Waals surface area (Å²) in [6.45, 7) is 17.7. The monoisotopic (exact) mass is 439 g/mol. The van der Waals surface area contributed by atoms with Crippen molar-refractivity contribution < 1.29 is 16.8 Å². The van der Waals surface area contributed by atoms with Gasteiger partial charge < -0.3 is 4.90 Å². The van der Waals surface area contributed by atoms with Crippen molar-refractivity contribution in [2.24, 2.45) is 0 Å². The molecular weight excluding hydrogens is 402 g/mol. The molecule has 0 aliphatic carbocycles. The Kier molecular flexibility index (Phi) is 8.75. The molecular formula is C19H37NO4S3. The molecule has 0 rings (SSSR count). The molecule has 160 valence electrons. The number of rotatable bonds is 7. The third-order valence-corrected chi connectivity index (χ3v) is 10.3. The first-order valence-electron chi connectivity index (χ1n) is 9.04. The van der Waals surface area contributed by atoms with Gasteiger partial charge in [-0.2, -0.15) is 0 Å². The van der Waals surface area contributed by atoms with Crippen molar-refractivity contribution in [3.8, 4) is 0 Å². The number of thioether (sulfide) groups is 1. The number of hydrogen-bond acceptors (Lipinski definition) is 6. The molecule has 0 radical (unpaired) electrons. The summed E-state index contributed by atoms with van der Waals surface area (Å²) in [5.74, 6) is 0. The highest BCUT2D eigenvalue weighted by Gasteiger charge is 2.34. The van der Waals surface area contributed by atoms with Crippen LogP contribution in [-0.2, 0) is 19.7 Å². The highest BCUT2D eigenvalue weighted by Crippen LogP contribution is 2.33. The fraction of sp³-hybridized carbons (Fsp3) is 0.789. The summed E-state index contributed by atoms with van der Waals surface area (Å²) in [4.78, 5) is 1.93. The lowest BCUT2D eigenvalue weighted by atomic mass is 10.2. The zero-order valence-corrected chi connectivity index (χ0v) is 21.1. The van der Waals surface area contributed by atoms with Crippen LogP contribution in [0.1, 0.15) is 69.2 Å². The molecule has 0 saturated carbocycles. The predicted octanol–water partition coefficient (Wildman–Crippen LogP) is 4.58. The lowest BCUT2D eigenvalue weighted by Gasteiger charge is -2.35. The SMILES string of the molecule is CSC(=CC(=CS(=O)(=O)C(C)(C)C)N(C(C)C)C(C)C)S(=O)(=O)C(C)(C)C. The molecule has 0 aromatic heterocycles. The molecule has 0 unspecified atom stereocenters. The zero-order chi connectivity index (χ0) is 22.0. The van der Waals surface area contributed by atoms with Crippen LogP contribution in [0.3, 0.4) is 0 Å². The molecule has 0 amide bonds. The van der Waals surface area contributed by atoms with Crippen LogP contribution in [-0.4, -0.2) is 49.6 Å². The fourth-order valence-electron chi connectivity index (χ4n) is 2.37. The van der Waals surface area contributed by atoms with Crippen molar-refractivity contribution in [2.75, 3.05) is 6.26 Å². The van der Waals surface area contributed by atoms with E-state index in [2.05, 4.69) is 0 Å². The summed E-state index contributed by atoms with van der Waals surface area (Å²) >= 11 is 1.12. The minimum atomic E-state index is -3.60. The van der Waals surface area contributed by atoms with E-state index in [9.17, 15) is 16.8 Å². The van der Waals surface area contributed by atoms with Gasteiger partial charge in [0.1, 0.15) is 4.24 Å². The number of hydrogen-bond donors (Lipinski definition) is 0. The number of sulfone groups is 2. The largest absolute Gasteiger partial charge is 0.366 e. The number of nitrogens with zero attached hydrogens (tertiary/aromatic N) is 1. The smallest absolute Gasteiger partial charge is 0.189 e. The second kappa shape index (κ2) is 8.91. The van der Waals surface area contributed by atoms with Gasteiger partial charge in [0.05, 0.1) is 20.6 Å². The summed E-state index contributed by atoms with van der Waals surface area (Å²) in [5.41, 5.74) is 0.395. The molecule has 0 atom stereocenters. The van der Waals surface area contributed by atoms with E-state index in [4.69, 9.17) is 0 Å². The Balaban J connectivity index is 6.90. The minimum Gasteiger partial charge on any atom is -0.366 e. The molecule has 0 heterocycles. The third kappa shape index (κ3) is 6.53. The summed E-state index contributed by atoms with van der Waals surface area (Å²) in [5, 5.41) is 1.22. The van der Waals surface area contributed by atoms with E-state index in [1.54, 1.807) is 47.8 Å². The predicted molar refractivity (Wildman–Crippen MR) is 119 cm³/mol. The molecule has 8 heteroatoms. The molecule has 0 aromatic rings. The van der Waals surface area contributed by atoms with E-state index < -0.39 is 29.2 Å². The average Bonchev–Trinajstić information content (AvgIpc) is 2.40. The average molecular weight is 440 g/mol. The van der Waals surface area contributed by atoms with Crippen molar-refractivity contribution in [3.63, 3.8) is 0 Å². The van der Waals surface area contributed by atoms with Gasteiger partial charge in [0.25, 0.3) is 0 Å². The molecule has 0 aliphatic rings. The molecule has 0 aromatic carbocycles. The molecule has 0 saturated heterocycles. The lowest BCUT2D eigenvalue weighted by molar-refractivity contribution is 0.239. The molecule has 0 aliphatic heterocycles. The van der Waals surface area contributed by atoms with Crippen LogP contribution in [0.2, 0.25) is 0 Å². The van der Waals surface area contributed by atoms with E-state index in [1.807, 2.05) is 32.6 Å². The summed E-state index contributed by atoms with van der Waals surface area (Å²) in [7, 11) is -7.19. The van der Waals surface area contributed by atoms with Gasteiger partial charge in [0, 0.05) is 12.1 Å². The van der Waals surface area contributed by atoms with Crippen LogP contribution in [0, 0.1) is 0 Å². The van der Waals surface area contributed by atoms with Gasteiger partial charge in [0.15, 0.2) is 19.7 Å². The first-order valence-corrected chi connectivity index (χ1v) is 13.3. The maximum absolute atomic E-state index is 13.0. The molecule has 0 N–H and O–H groups in total. The minimum absolute atomic E-state index is 0.00288. The van der Waals surface area contributed by atoms with Crippen molar-refractivity contribution >= 4 is 31.4 Å². The maximum Gasteiger partial charge on any atom is 0.189 e. The Hall–Kier alpha value is -0.470. The van der Waals surface area contributed by atoms with Gasteiger partial charge in [-0.15, -0.1) is 11.8 Å². The summed E-state index contributed by atoms with van der Waals surface area (Å²) < 4.78 is 49.8. The van der Waals surface area contributed by atoms with Gasteiger partial charge in [0.2, 0.25) is 0 Å². The van der Waals surface area contributed by atoms with E-state index >= 15 is 0 Å². The van der Waals surface area contributed by atoms with E-state index in [1.165, 1.54) is 11.5 Å². The van der Waals surface area contributed by atoms with Gasteiger partial charge in [-0.25, -0.2) is 16.8 Å².